The minimum Gasteiger partial charge on any atom is -0.505 e. The fourth-order valence-corrected chi connectivity index (χ4v) is 5.41. The Labute approximate surface area is 260 Å². The second-order valence-electron chi connectivity index (χ2n) is 9.48. The van der Waals surface area contributed by atoms with Crippen LogP contribution < -0.4 is 5.48 Å². The van der Waals surface area contributed by atoms with Crippen molar-refractivity contribution >= 4 is 60.1 Å². The number of anilines is 1. The van der Waals surface area contributed by atoms with Gasteiger partial charge in [-0.25, -0.2) is 13.3 Å². The van der Waals surface area contributed by atoms with Crippen molar-refractivity contribution in [1.29, 1.82) is 0 Å². The van der Waals surface area contributed by atoms with E-state index in [-0.39, 0.29) is 36.2 Å². The summed E-state index contributed by atoms with van der Waals surface area (Å²) in [5, 5.41) is 32.0. The molecule has 0 amide bonds. The lowest BCUT2D eigenvalue weighted by molar-refractivity contribution is -0.252. The van der Waals surface area contributed by atoms with E-state index in [1.165, 1.54) is 24.3 Å². The zero-order chi connectivity index (χ0) is 31.8. The van der Waals surface area contributed by atoms with Crippen molar-refractivity contribution in [2.24, 2.45) is 10.2 Å². The van der Waals surface area contributed by atoms with Crippen molar-refractivity contribution < 1.29 is 45.6 Å². The highest BCUT2D eigenvalue weighted by atomic mass is 32.3. The summed E-state index contributed by atoms with van der Waals surface area (Å²) in [6.45, 7) is -0.910. The van der Waals surface area contributed by atoms with E-state index in [4.69, 9.17) is 18.8 Å². The average Bonchev–Trinajstić information content (AvgIpc) is 3.03. The Morgan fingerprint density at radius 1 is 0.822 bits per heavy atom. The smallest absolute Gasteiger partial charge is 0.397 e. The number of azo groups is 1. The highest BCUT2D eigenvalue weighted by molar-refractivity contribution is 7.81. The molecule has 45 heavy (non-hydrogen) atoms. The van der Waals surface area contributed by atoms with Crippen LogP contribution in [0.25, 0.3) is 21.5 Å². The molecule has 4 N–H and O–H groups in total. The second-order valence-corrected chi connectivity index (χ2v) is 11.7. The molecule has 0 aliphatic heterocycles. The number of nitrogens with one attached hydrogen (secondary N) is 1. The first-order valence-electron chi connectivity index (χ1n) is 13.3. The lowest BCUT2D eigenvalue weighted by Crippen LogP contribution is -2.11. The quantitative estimate of drug-likeness (QED) is 0.0337. The Balaban J connectivity index is 1.35. The van der Waals surface area contributed by atoms with Gasteiger partial charge in [-0.15, -0.1) is 5.11 Å². The normalized spacial score (nSPS) is 12.7. The third-order valence-electron chi connectivity index (χ3n) is 6.46. The van der Waals surface area contributed by atoms with Crippen LogP contribution in [-0.4, -0.2) is 40.8 Å². The Morgan fingerprint density at radius 3 is 2.38 bits per heavy atom. The van der Waals surface area contributed by atoms with Gasteiger partial charge in [-0.1, -0.05) is 48.5 Å². The predicted molar refractivity (Wildman–Crippen MR) is 166 cm³/mol. The van der Waals surface area contributed by atoms with Crippen molar-refractivity contribution in [3.05, 3.63) is 102 Å². The van der Waals surface area contributed by atoms with Crippen LogP contribution in [0.1, 0.15) is 11.1 Å². The molecule has 0 bridgehead atoms. The molecule has 0 heterocycles. The molecular weight excluding hydrogens is 626 g/mol. The number of phenols is 1. The zero-order valence-electron chi connectivity index (χ0n) is 23.4. The third-order valence-corrected chi connectivity index (χ3v) is 7.96. The largest absolute Gasteiger partial charge is 0.505 e. The molecule has 1 atom stereocenters. The van der Waals surface area contributed by atoms with Gasteiger partial charge in [0.2, 0.25) is 0 Å². The Bertz CT molecular complexity index is 1960. The standard InChI is InChI=1S/C30H27N3O10S2/c34-30-23(19-40-33-28-7-3-5-21-4-1-2-6-26(21)28)17-22-16-20(18-41-35)8-13-27(22)29(30)32-31-24-9-11-25(12-10-24)44(36)42-14-15-43-45(37,38)39/h1-13,16-17,33-35H,14-15,18-19H2,(H,37,38,39). The maximum atomic E-state index is 12.3. The molecule has 0 aliphatic rings. The molecule has 0 radical (unpaired) electrons. The highest BCUT2D eigenvalue weighted by Gasteiger charge is 2.15. The van der Waals surface area contributed by atoms with E-state index in [1.807, 2.05) is 42.5 Å². The van der Waals surface area contributed by atoms with Crippen molar-refractivity contribution in [2.45, 2.75) is 18.1 Å². The number of benzene rings is 5. The molecule has 0 aromatic heterocycles. The number of fused-ring (bicyclic) bond motifs is 2. The van der Waals surface area contributed by atoms with E-state index in [1.54, 1.807) is 24.3 Å². The van der Waals surface area contributed by atoms with Gasteiger partial charge in [0, 0.05) is 16.3 Å². The maximum absolute atomic E-state index is 12.3. The monoisotopic (exact) mass is 653 g/mol. The summed E-state index contributed by atoms with van der Waals surface area (Å²) in [6.07, 6.45) is 0. The minimum atomic E-state index is -4.62. The summed E-state index contributed by atoms with van der Waals surface area (Å²) in [5.41, 5.74) is 5.39. The number of nitrogens with zero attached hydrogens (tertiary/aromatic N) is 2. The van der Waals surface area contributed by atoms with Gasteiger partial charge in [0.15, 0.2) is 11.1 Å². The second kappa shape index (κ2) is 14.6. The third kappa shape index (κ3) is 8.44. The van der Waals surface area contributed by atoms with Crippen molar-refractivity contribution in [3.8, 4) is 5.75 Å². The first-order chi connectivity index (χ1) is 21.7. The van der Waals surface area contributed by atoms with Crippen LogP contribution in [0.2, 0.25) is 0 Å². The van der Waals surface area contributed by atoms with Gasteiger partial charge in [-0.05, 0) is 58.8 Å². The molecule has 0 spiro atoms. The first-order valence-corrected chi connectivity index (χ1v) is 15.7. The van der Waals surface area contributed by atoms with Gasteiger partial charge in [-0.2, -0.15) is 13.5 Å². The molecule has 234 valence electrons. The van der Waals surface area contributed by atoms with Gasteiger partial charge in [0.05, 0.1) is 29.5 Å². The van der Waals surface area contributed by atoms with Gasteiger partial charge in [0.1, 0.15) is 24.7 Å². The molecule has 0 fully saturated rings. The topological polar surface area (TPSA) is 186 Å². The molecule has 15 heteroatoms. The van der Waals surface area contributed by atoms with E-state index >= 15 is 0 Å². The first kappa shape index (κ1) is 32.1. The van der Waals surface area contributed by atoms with Crippen LogP contribution in [0.5, 0.6) is 5.75 Å². The molecule has 0 aliphatic carbocycles. The molecule has 0 saturated heterocycles. The zero-order valence-corrected chi connectivity index (χ0v) is 25.0. The maximum Gasteiger partial charge on any atom is 0.397 e. The van der Waals surface area contributed by atoms with Gasteiger partial charge in [-0.3, -0.25) is 24.3 Å². The Hall–Kier alpha value is -4.32. The lowest BCUT2D eigenvalue weighted by Gasteiger charge is -2.13. The lowest BCUT2D eigenvalue weighted by atomic mass is 10.0. The Morgan fingerprint density at radius 2 is 1.60 bits per heavy atom. The van der Waals surface area contributed by atoms with E-state index in [0.29, 0.717) is 27.6 Å². The Kier molecular flexibility index (Phi) is 10.4. The molecule has 0 saturated carbocycles. The summed E-state index contributed by atoms with van der Waals surface area (Å²) < 4.78 is 51.2. The highest BCUT2D eigenvalue weighted by Crippen LogP contribution is 2.40. The van der Waals surface area contributed by atoms with E-state index < -0.39 is 28.1 Å². The van der Waals surface area contributed by atoms with Crippen molar-refractivity contribution in [2.75, 3.05) is 18.7 Å². The van der Waals surface area contributed by atoms with Crippen LogP contribution in [0.3, 0.4) is 0 Å². The number of phenolic OH excluding ortho intramolecular Hbond substituents is 1. The number of rotatable bonds is 14. The number of aromatic hydroxyl groups is 1. The van der Waals surface area contributed by atoms with Crippen LogP contribution in [0.15, 0.2) is 106 Å². The summed E-state index contributed by atoms with van der Waals surface area (Å²) in [5.74, 6) is -0.143. The van der Waals surface area contributed by atoms with Gasteiger partial charge < -0.3 is 5.11 Å². The summed E-state index contributed by atoms with van der Waals surface area (Å²) >= 11 is -1.93. The van der Waals surface area contributed by atoms with E-state index in [9.17, 15) is 17.7 Å². The molecule has 5 aromatic carbocycles. The fraction of sp³-hybridized carbons (Fsp3) is 0.133. The fourth-order valence-electron chi connectivity index (χ4n) is 4.41. The molecular formula is C30H27N3O10S2. The van der Waals surface area contributed by atoms with Gasteiger partial charge >= 0.3 is 10.4 Å². The van der Waals surface area contributed by atoms with Gasteiger partial charge in [0.25, 0.3) is 0 Å². The molecule has 5 aromatic rings. The summed E-state index contributed by atoms with van der Waals surface area (Å²) in [4.78, 5) is 10.3. The molecule has 1 unspecified atom stereocenters. The minimum absolute atomic E-state index is 0.0238. The van der Waals surface area contributed by atoms with Crippen molar-refractivity contribution in [1.82, 2.24) is 0 Å². The van der Waals surface area contributed by atoms with Crippen LogP contribution in [0, 0.1) is 0 Å². The van der Waals surface area contributed by atoms with E-state index in [0.717, 1.165) is 16.5 Å². The van der Waals surface area contributed by atoms with Crippen molar-refractivity contribution in [3.63, 3.8) is 0 Å². The number of hydrogen-bond donors (Lipinski definition) is 4. The number of hydrogen-bond acceptors (Lipinski definition) is 12. The average molecular weight is 654 g/mol. The molecule has 5 rings (SSSR count). The van der Waals surface area contributed by atoms with E-state index in [2.05, 4.69) is 24.8 Å². The predicted octanol–water partition coefficient (Wildman–Crippen LogP) is 6.51. The van der Waals surface area contributed by atoms with Crippen LogP contribution in [0.4, 0.5) is 17.1 Å². The summed E-state index contributed by atoms with van der Waals surface area (Å²) in [6, 6.07) is 26.7. The molecule has 13 nitrogen and oxygen atoms in total. The van der Waals surface area contributed by atoms with Crippen LogP contribution >= 0.6 is 0 Å². The van der Waals surface area contributed by atoms with Crippen LogP contribution in [-0.2, 0) is 52.8 Å². The summed E-state index contributed by atoms with van der Waals surface area (Å²) in [7, 11) is -4.62. The SMILES string of the molecule is O=S(OCCOS(=O)(=O)O)c1ccc(N=Nc2c(O)c(CONc3cccc4ccccc34)cc3cc(COO)ccc23)cc1.